The van der Waals surface area contributed by atoms with Gasteiger partial charge in [-0.2, -0.15) is 8.42 Å². The van der Waals surface area contributed by atoms with Crippen LogP contribution in [0, 0.1) is 12.8 Å². The second kappa shape index (κ2) is 13.0. The summed E-state index contributed by atoms with van der Waals surface area (Å²) >= 11 is 0. The summed E-state index contributed by atoms with van der Waals surface area (Å²) in [6.07, 6.45) is 5.37. The van der Waals surface area contributed by atoms with Crippen molar-refractivity contribution in [2.45, 2.75) is 121 Å². The molecule has 1 saturated heterocycles. The quantitative estimate of drug-likeness (QED) is 0.260. The maximum Gasteiger partial charge on any atom is 0.412 e. The van der Waals surface area contributed by atoms with E-state index in [1.807, 2.05) is 6.92 Å². The number of aryl methyl sites for hydroxylation is 1. The molecule has 3 rings (SSSR count). The standard InChI is InChI=1S/C29H45NO8S/c1-21-12-15-25(16-13-21)39(33,34)36-19-22(14-17-26(31)37-24-10-8-7-9-11-24)18-23-20-35-29(5,6)30(23)27(32)38-28(2,3)4/h12-13,15-16,22-24H,7-11,14,17-20H2,1-6H3/t22-,23?/m0/s1. The number of esters is 1. The molecule has 1 aromatic rings. The molecule has 0 N–H and O–H groups in total. The molecule has 9 nitrogen and oxygen atoms in total. The third kappa shape index (κ3) is 9.46. The van der Waals surface area contributed by atoms with E-state index in [9.17, 15) is 18.0 Å². The largest absolute Gasteiger partial charge is 0.462 e. The van der Waals surface area contributed by atoms with Crippen molar-refractivity contribution in [2.24, 2.45) is 5.92 Å². The van der Waals surface area contributed by atoms with E-state index in [0.29, 0.717) is 12.8 Å². The van der Waals surface area contributed by atoms with E-state index in [1.54, 1.807) is 51.7 Å². The van der Waals surface area contributed by atoms with Crippen LogP contribution in [0.1, 0.15) is 91.5 Å². The second-order valence-corrected chi connectivity index (χ2v) is 13.8. The average molecular weight is 568 g/mol. The monoisotopic (exact) mass is 567 g/mol. The molecule has 0 bridgehead atoms. The summed E-state index contributed by atoms with van der Waals surface area (Å²) in [7, 11) is -4.00. The first-order valence-corrected chi connectivity index (χ1v) is 15.4. The molecule has 0 radical (unpaired) electrons. The molecule has 2 atom stereocenters. The van der Waals surface area contributed by atoms with Crippen LogP contribution in [0.2, 0.25) is 0 Å². The van der Waals surface area contributed by atoms with Crippen molar-refractivity contribution >= 4 is 22.2 Å². The Morgan fingerprint density at radius 2 is 1.74 bits per heavy atom. The minimum Gasteiger partial charge on any atom is -0.462 e. The summed E-state index contributed by atoms with van der Waals surface area (Å²) in [5.41, 5.74) is -0.644. The third-order valence-electron chi connectivity index (χ3n) is 7.15. The SMILES string of the molecule is Cc1ccc(S(=O)(=O)OC[C@@H](CCC(=O)OC2CCCCC2)CC2COC(C)(C)N2C(=O)OC(C)(C)C)cc1. The molecule has 2 aliphatic rings. The molecular weight excluding hydrogens is 522 g/mol. The summed E-state index contributed by atoms with van der Waals surface area (Å²) in [5.74, 6) is -0.642. The molecule has 10 heteroatoms. The van der Waals surface area contributed by atoms with Gasteiger partial charge < -0.3 is 14.2 Å². The van der Waals surface area contributed by atoms with Gasteiger partial charge in [-0.1, -0.05) is 24.1 Å². The van der Waals surface area contributed by atoms with E-state index in [1.165, 1.54) is 12.1 Å². The predicted octanol–water partition coefficient (Wildman–Crippen LogP) is 5.73. The maximum absolute atomic E-state index is 13.1. The van der Waals surface area contributed by atoms with Crippen molar-refractivity contribution in [3.05, 3.63) is 29.8 Å². The summed E-state index contributed by atoms with van der Waals surface area (Å²) in [5, 5.41) is 0. The van der Waals surface area contributed by atoms with Crippen LogP contribution in [0.5, 0.6) is 0 Å². The molecular formula is C29H45NO8S. The Labute approximate surface area is 233 Å². The topological polar surface area (TPSA) is 108 Å². The number of carbonyl (C=O) groups is 2. The van der Waals surface area contributed by atoms with E-state index < -0.39 is 27.5 Å². The van der Waals surface area contributed by atoms with Crippen molar-refractivity contribution in [3.8, 4) is 0 Å². The van der Waals surface area contributed by atoms with Crippen LogP contribution in [0.3, 0.4) is 0 Å². The zero-order chi connectivity index (χ0) is 28.8. The molecule has 1 aliphatic carbocycles. The number of nitrogens with zero attached hydrogens (tertiary/aromatic N) is 1. The number of ether oxygens (including phenoxy) is 3. The maximum atomic E-state index is 13.1. The van der Waals surface area contributed by atoms with Crippen molar-refractivity contribution in [2.75, 3.05) is 13.2 Å². The molecule has 1 aliphatic heterocycles. The number of hydrogen-bond acceptors (Lipinski definition) is 8. The highest BCUT2D eigenvalue weighted by Gasteiger charge is 2.46. The average Bonchev–Trinajstić information content (AvgIpc) is 3.14. The van der Waals surface area contributed by atoms with Crippen molar-refractivity contribution in [3.63, 3.8) is 0 Å². The highest BCUT2D eigenvalue weighted by atomic mass is 32.2. The van der Waals surface area contributed by atoms with Gasteiger partial charge in [0.05, 0.1) is 24.2 Å². The molecule has 1 saturated carbocycles. The fourth-order valence-electron chi connectivity index (χ4n) is 5.10. The summed E-state index contributed by atoms with van der Waals surface area (Å²) in [6.45, 7) is 11.0. The van der Waals surface area contributed by atoms with E-state index >= 15 is 0 Å². The Morgan fingerprint density at radius 3 is 2.36 bits per heavy atom. The smallest absolute Gasteiger partial charge is 0.412 e. The minimum atomic E-state index is -4.00. The predicted molar refractivity (Wildman–Crippen MR) is 147 cm³/mol. The van der Waals surface area contributed by atoms with Gasteiger partial charge in [-0.15, -0.1) is 0 Å². The number of carbonyl (C=O) groups excluding carboxylic acids is 2. The lowest BCUT2D eigenvalue weighted by Crippen LogP contribution is -2.50. The van der Waals surface area contributed by atoms with E-state index in [4.69, 9.17) is 18.4 Å². The fourth-order valence-corrected chi connectivity index (χ4v) is 6.08. The zero-order valence-corrected chi connectivity index (χ0v) is 25.1. The first-order chi connectivity index (χ1) is 18.2. The Morgan fingerprint density at radius 1 is 1.10 bits per heavy atom. The van der Waals surface area contributed by atoms with Gasteiger partial charge in [-0.05, 0) is 98.1 Å². The lowest BCUT2D eigenvalue weighted by molar-refractivity contribution is -0.151. The normalized spacial score (nSPS) is 21.0. The summed E-state index contributed by atoms with van der Waals surface area (Å²) in [6, 6.07) is 6.08. The first-order valence-electron chi connectivity index (χ1n) is 14.0. The van der Waals surface area contributed by atoms with Crippen LogP contribution < -0.4 is 0 Å². The van der Waals surface area contributed by atoms with Crippen LogP contribution in [0.15, 0.2) is 29.2 Å². The van der Waals surface area contributed by atoms with Crippen LogP contribution >= 0.6 is 0 Å². The molecule has 1 heterocycles. The molecule has 220 valence electrons. The highest BCUT2D eigenvalue weighted by molar-refractivity contribution is 7.86. The molecule has 0 aromatic heterocycles. The van der Waals surface area contributed by atoms with Crippen LogP contribution in [-0.4, -0.2) is 62.1 Å². The summed E-state index contributed by atoms with van der Waals surface area (Å²) in [4.78, 5) is 27.4. The van der Waals surface area contributed by atoms with Gasteiger partial charge in [0, 0.05) is 6.42 Å². The Kier molecular flexibility index (Phi) is 10.5. The van der Waals surface area contributed by atoms with Gasteiger partial charge in [0.1, 0.15) is 17.4 Å². The molecule has 1 unspecified atom stereocenters. The number of rotatable bonds is 10. The lowest BCUT2D eigenvalue weighted by Gasteiger charge is -2.36. The molecule has 39 heavy (non-hydrogen) atoms. The van der Waals surface area contributed by atoms with Crippen molar-refractivity contribution < 1.29 is 36.4 Å². The van der Waals surface area contributed by atoms with Gasteiger partial charge in [0.15, 0.2) is 0 Å². The van der Waals surface area contributed by atoms with Gasteiger partial charge in [0.2, 0.25) is 0 Å². The van der Waals surface area contributed by atoms with Gasteiger partial charge in [-0.25, -0.2) is 4.79 Å². The number of benzene rings is 1. The summed E-state index contributed by atoms with van der Waals surface area (Å²) < 4.78 is 48.5. The van der Waals surface area contributed by atoms with Crippen LogP contribution in [0.4, 0.5) is 4.79 Å². The van der Waals surface area contributed by atoms with Crippen LogP contribution in [0.25, 0.3) is 0 Å². The van der Waals surface area contributed by atoms with E-state index in [2.05, 4.69) is 0 Å². The van der Waals surface area contributed by atoms with Gasteiger partial charge in [-0.3, -0.25) is 13.9 Å². The molecule has 1 amide bonds. The van der Waals surface area contributed by atoms with Gasteiger partial charge in [0.25, 0.3) is 10.1 Å². The highest BCUT2D eigenvalue weighted by Crippen LogP contribution is 2.34. The fraction of sp³-hybridized carbons (Fsp3) is 0.724. The second-order valence-electron chi connectivity index (χ2n) is 12.2. The lowest BCUT2D eigenvalue weighted by atomic mass is 9.95. The van der Waals surface area contributed by atoms with E-state index in [-0.39, 0.29) is 48.6 Å². The molecule has 0 spiro atoms. The number of amides is 1. The van der Waals surface area contributed by atoms with Gasteiger partial charge >= 0.3 is 12.1 Å². The zero-order valence-electron chi connectivity index (χ0n) is 24.2. The minimum absolute atomic E-state index is 0.0467. The Bertz CT molecular complexity index is 1070. The molecule has 1 aromatic carbocycles. The van der Waals surface area contributed by atoms with Crippen molar-refractivity contribution in [1.82, 2.24) is 4.90 Å². The first kappa shape index (κ1) is 31.4. The van der Waals surface area contributed by atoms with Crippen molar-refractivity contribution in [1.29, 1.82) is 0 Å². The van der Waals surface area contributed by atoms with E-state index in [0.717, 1.165) is 37.7 Å². The van der Waals surface area contributed by atoms with Crippen LogP contribution in [-0.2, 0) is 33.3 Å². The molecule has 2 fully saturated rings. The Hall–Kier alpha value is -2.17. The third-order valence-corrected chi connectivity index (χ3v) is 8.44. The Balaban J connectivity index is 1.72. The number of hydrogen-bond donors (Lipinski definition) is 0.